The fourth-order valence-electron chi connectivity index (χ4n) is 3.75. The maximum atomic E-state index is 13.4. The first-order valence-electron chi connectivity index (χ1n) is 11.4. The van der Waals surface area contributed by atoms with Crippen molar-refractivity contribution in [3.05, 3.63) is 71.8 Å². The monoisotopic (exact) mass is 535 g/mol. The van der Waals surface area contributed by atoms with Gasteiger partial charge in [0, 0.05) is 5.56 Å². The van der Waals surface area contributed by atoms with Gasteiger partial charge < -0.3 is 14.2 Å². The Morgan fingerprint density at radius 1 is 1.11 bits per heavy atom. The molecule has 1 N–H and O–H groups in total. The number of benzene rings is 3. The predicted octanol–water partition coefficient (Wildman–Crippen LogP) is 4.49. The Hall–Kier alpha value is -4.14. The molecule has 1 aliphatic heterocycles. The van der Waals surface area contributed by atoms with Crippen LogP contribution in [0.15, 0.2) is 65.6 Å². The van der Waals surface area contributed by atoms with E-state index < -0.39 is 21.8 Å². The van der Waals surface area contributed by atoms with E-state index in [2.05, 4.69) is 10.3 Å². The number of nitriles is 1. The van der Waals surface area contributed by atoms with Crippen molar-refractivity contribution in [2.75, 3.05) is 24.3 Å². The largest absolute Gasteiger partial charge is 0.486 e. The second-order valence-electron chi connectivity index (χ2n) is 8.05. The number of hydrogen-bond acceptors (Lipinski definition) is 9. The second-order valence-corrected chi connectivity index (χ2v) is 11.3. The molecule has 0 saturated carbocycles. The van der Waals surface area contributed by atoms with E-state index in [9.17, 15) is 13.2 Å². The first kappa shape index (κ1) is 24.5. The van der Waals surface area contributed by atoms with Crippen LogP contribution >= 0.6 is 11.3 Å². The summed E-state index contributed by atoms with van der Waals surface area (Å²) in [6, 6.07) is 18.0. The normalized spacial score (nSPS) is 13.5. The molecule has 1 atom stereocenters. The van der Waals surface area contributed by atoms with Crippen LogP contribution in [0.1, 0.15) is 24.2 Å². The summed E-state index contributed by atoms with van der Waals surface area (Å²) in [5.41, 5.74) is 1.56. The van der Waals surface area contributed by atoms with Gasteiger partial charge in [-0.05, 0) is 48.5 Å². The fourth-order valence-corrected chi connectivity index (χ4v) is 5.60. The molecule has 3 aromatic carbocycles. The molecule has 0 fully saturated rings. The van der Waals surface area contributed by atoms with Crippen molar-refractivity contribution in [3.63, 3.8) is 0 Å². The number of thiazole rings is 1. The third kappa shape index (κ3) is 5.07. The van der Waals surface area contributed by atoms with Crippen molar-refractivity contribution in [1.29, 1.82) is 5.26 Å². The molecule has 188 valence electrons. The lowest BCUT2D eigenvalue weighted by molar-refractivity contribution is -0.123. The Kier molecular flexibility index (Phi) is 6.69. The van der Waals surface area contributed by atoms with Crippen LogP contribution in [0.5, 0.6) is 17.2 Å². The smallest absolute Gasteiger partial charge is 0.271 e. The minimum atomic E-state index is -3.40. The molecule has 0 aliphatic carbocycles. The van der Waals surface area contributed by atoms with E-state index in [1.807, 2.05) is 6.07 Å². The molecule has 1 aromatic heterocycles. The van der Waals surface area contributed by atoms with E-state index in [-0.39, 0.29) is 10.6 Å². The van der Waals surface area contributed by atoms with E-state index in [0.717, 1.165) is 4.70 Å². The zero-order valence-corrected chi connectivity index (χ0v) is 21.3. The molecule has 2 heterocycles. The van der Waals surface area contributed by atoms with Crippen LogP contribution in [-0.2, 0) is 14.6 Å². The lowest BCUT2D eigenvalue weighted by atomic mass is 10.1. The zero-order chi connectivity index (χ0) is 26.0. The molecule has 0 saturated heterocycles. The molecule has 1 amide bonds. The summed E-state index contributed by atoms with van der Waals surface area (Å²) in [6.07, 6.45) is -1.12. The van der Waals surface area contributed by atoms with E-state index in [1.54, 1.807) is 55.5 Å². The summed E-state index contributed by atoms with van der Waals surface area (Å²) in [7, 11) is -3.40. The number of aromatic nitrogens is 1. The second kappa shape index (κ2) is 10.1. The molecular formula is C26H21N3O6S2. The number of ether oxygens (including phenoxy) is 3. The highest BCUT2D eigenvalue weighted by Crippen LogP contribution is 2.42. The molecule has 4 aromatic rings. The van der Waals surface area contributed by atoms with Crippen LogP contribution in [0.25, 0.3) is 10.2 Å². The van der Waals surface area contributed by atoms with Crippen molar-refractivity contribution < 1.29 is 27.4 Å². The first-order chi connectivity index (χ1) is 17.9. The highest BCUT2D eigenvalue weighted by atomic mass is 32.2. The van der Waals surface area contributed by atoms with Crippen molar-refractivity contribution in [2.24, 2.45) is 0 Å². The average Bonchev–Trinajstić information content (AvgIpc) is 3.35. The minimum absolute atomic E-state index is 0.0337. The Bertz CT molecular complexity index is 1610. The quantitative estimate of drug-likeness (QED) is 0.367. The summed E-state index contributed by atoms with van der Waals surface area (Å²) in [5, 5.41) is 12.2. The van der Waals surface area contributed by atoms with Crippen molar-refractivity contribution in [2.45, 2.75) is 17.9 Å². The van der Waals surface area contributed by atoms with Gasteiger partial charge in [-0.1, -0.05) is 30.4 Å². The SMILES string of the molecule is CCS(=O)(=O)c1ccc(C(Oc2ccc(C#N)cc2)C(=O)Nc2nc3ccc4c(c3s2)OCCO4)cc1. The molecule has 1 unspecified atom stereocenters. The van der Waals surface area contributed by atoms with Gasteiger partial charge in [0.1, 0.15) is 23.7 Å². The number of sulfone groups is 1. The van der Waals surface area contributed by atoms with Crippen LogP contribution in [0.3, 0.4) is 0 Å². The van der Waals surface area contributed by atoms with E-state index >= 15 is 0 Å². The Balaban J connectivity index is 1.46. The lowest BCUT2D eigenvalue weighted by Gasteiger charge is -2.19. The minimum Gasteiger partial charge on any atom is -0.486 e. The Morgan fingerprint density at radius 3 is 2.54 bits per heavy atom. The number of hydrogen-bond donors (Lipinski definition) is 1. The summed E-state index contributed by atoms with van der Waals surface area (Å²) in [5.74, 6) is 1.06. The van der Waals surface area contributed by atoms with E-state index in [1.165, 1.54) is 23.5 Å². The van der Waals surface area contributed by atoms with Crippen LogP contribution in [0, 0.1) is 11.3 Å². The fraction of sp³-hybridized carbons (Fsp3) is 0.192. The molecule has 37 heavy (non-hydrogen) atoms. The van der Waals surface area contributed by atoms with Crippen molar-refractivity contribution in [3.8, 4) is 23.3 Å². The zero-order valence-electron chi connectivity index (χ0n) is 19.6. The number of nitrogens with zero attached hydrogens (tertiary/aromatic N) is 2. The number of amides is 1. The maximum absolute atomic E-state index is 13.4. The van der Waals surface area contributed by atoms with Crippen LogP contribution in [0.4, 0.5) is 5.13 Å². The van der Waals surface area contributed by atoms with Gasteiger partial charge in [0.15, 0.2) is 26.5 Å². The van der Waals surface area contributed by atoms with Gasteiger partial charge in [-0.15, -0.1) is 0 Å². The number of carbonyl (C=O) groups excluding carboxylic acids is 1. The van der Waals surface area contributed by atoms with Gasteiger partial charge in [-0.25, -0.2) is 13.4 Å². The maximum Gasteiger partial charge on any atom is 0.271 e. The average molecular weight is 536 g/mol. The van der Waals surface area contributed by atoms with Gasteiger partial charge in [0.05, 0.1) is 27.8 Å². The summed E-state index contributed by atoms with van der Waals surface area (Å²) >= 11 is 1.25. The number of fused-ring (bicyclic) bond motifs is 3. The molecule has 11 heteroatoms. The molecule has 1 aliphatic rings. The van der Waals surface area contributed by atoms with E-state index in [4.69, 9.17) is 19.5 Å². The van der Waals surface area contributed by atoms with Crippen LogP contribution in [0.2, 0.25) is 0 Å². The van der Waals surface area contributed by atoms with Gasteiger partial charge in [0.2, 0.25) is 6.10 Å². The van der Waals surface area contributed by atoms with Gasteiger partial charge in [0.25, 0.3) is 5.91 Å². The topological polar surface area (TPSA) is 128 Å². The highest BCUT2D eigenvalue weighted by molar-refractivity contribution is 7.91. The molecule has 5 rings (SSSR count). The first-order valence-corrected chi connectivity index (χ1v) is 13.8. The van der Waals surface area contributed by atoms with Crippen molar-refractivity contribution in [1.82, 2.24) is 4.98 Å². The summed E-state index contributed by atoms with van der Waals surface area (Å²) < 4.78 is 42.6. The van der Waals surface area contributed by atoms with Crippen LogP contribution in [-0.4, -0.2) is 38.3 Å². The lowest BCUT2D eigenvalue weighted by Crippen LogP contribution is -2.25. The van der Waals surface area contributed by atoms with E-state index in [0.29, 0.717) is 52.2 Å². The molecule has 9 nitrogen and oxygen atoms in total. The van der Waals surface area contributed by atoms with Crippen molar-refractivity contribution >= 4 is 42.4 Å². The van der Waals surface area contributed by atoms with Gasteiger partial charge in [-0.2, -0.15) is 5.26 Å². The molecule has 0 radical (unpaired) electrons. The number of nitrogens with one attached hydrogen (secondary N) is 1. The highest BCUT2D eigenvalue weighted by Gasteiger charge is 2.26. The number of anilines is 1. The predicted molar refractivity (Wildman–Crippen MR) is 138 cm³/mol. The van der Waals surface area contributed by atoms with Gasteiger partial charge in [-0.3, -0.25) is 10.1 Å². The summed E-state index contributed by atoms with van der Waals surface area (Å²) in [4.78, 5) is 18.1. The third-order valence-corrected chi connectivity index (χ3v) is 8.43. The number of carbonyl (C=O) groups is 1. The molecular weight excluding hydrogens is 514 g/mol. The van der Waals surface area contributed by atoms with Crippen LogP contribution < -0.4 is 19.5 Å². The molecule has 0 spiro atoms. The van der Waals surface area contributed by atoms with Gasteiger partial charge >= 0.3 is 0 Å². The molecule has 0 bridgehead atoms. The Morgan fingerprint density at radius 2 is 1.84 bits per heavy atom. The number of rotatable bonds is 7. The third-order valence-electron chi connectivity index (χ3n) is 5.69. The Labute approximate surface area is 217 Å². The standard InChI is InChI=1S/C26H21N3O6S2/c1-2-37(31,32)19-9-5-17(6-10-19)22(35-18-7-3-16(15-27)4-8-18)25(30)29-26-28-20-11-12-21-23(24(20)36-26)34-14-13-33-21/h3-12,22H,2,13-14H2,1H3,(H,28,29,30). The summed E-state index contributed by atoms with van der Waals surface area (Å²) in [6.45, 7) is 2.46.